The second kappa shape index (κ2) is 5.47. The molecule has 0 aromatic carbocycles. The summed E-state index contributed by atoms with van der Waals surface area (Å²) in [7, 11) is -3.40. The first kappa shape index (κ1) is 12.5. The highest BCUT2D eigenvalue weighted by molar-refractivity contribution is 7.87. The van der Waals surface area contributed by atoms with Crippen LogP contribution < -0.4 is 4.72 Å². The van der Waals surface area contributed by atoms with Crippen molar-refractivity contribution in [3.8, 4) is 12.3 Å². The van der Waals surface area contributed by atoms with Crippen molar-refractivity contribution in [3.05, 3.63) is 0 Å². The van der Waals surface area contributed by atoms with E-state index in [1.54, 1.807) is 6.92 Å². The second-order valence-electron chi connectivity index (χ2n) is 3.44. The molecule has 0 saturated carbocycles. The summed E-state index contributed by atoms with van der Waals surface area (Å²) < 4.78 is 32.5. The standard InChI is InChI=1S/C9H16N2O3S/c1-3-4-9(2)10-15(12,13)11-5-7-14-8-6-11/h1,9-10H,4-8H2,2H3. The van der Waals surface area contributed by atoms with Crippen LogP contribution in [0.1, 0.15) is 13.3 Å². The Bertz CT molecular complexity index is 328. The van der Waals surface area contributed by atoms with Crippen molar-refractivity contribution in [1.82, 2.24) is 9.03 Å². The topological polar surface area (TPSA) is 58.6 Å². The van der Waals surface area contributed by atoms with E-state index >= 15 is 0 Å². The molecule has 0 aliphatic carbocycles. The first-order valence-electron chi connectivity index (χ1n) is 4.85. The zero-order chi connectivity index (χ0) is 11.3. The Labute approximate surface area is 91.0 Å². The number of hydrogen-bond donors (Lipinski definition) is 1. The molecule has 15 heavy (non-hydrogen) atoms. The predicted molar refractivity (Wildman–Crippen MR) is 57.4 cm³/mol. The lowest BCUT2D eigenvalue weighted by Crippen LogP contribution is -2.48. The molecule has 1 rings (SSSR count). The molecule has 5 nitrogen and oxygen atoms in total. The lowest BCUT2D eigenvalue weighted by Gasteiger charge is -2.27. The first-order chi connectivity index (χ1) is 7.06. The van der Waals surface area contributed by atoms with Crippen LogP contribution in [0, 0.1) is 12.3 Å². The summed E-state index contributed by atoms with van der Waals surface area (Å²) in [6.07, 6.45) is 5.50. The Hall–Kier alpha value is -0.610. The number of terminal acetylenes is 1. The van der Waals surface area contributed by atoms with Crippen LogP contribution in [0.4, 0.5) is 0 Å². The number of nitrogens with one attached hydrogen (secondary N) is 1. The monoisotopic (exact) mass is 232 g/mol. The van der Waals surface area contributed by atoms with Crippen LogP contribution in [0.2, 0.25) is 0 Å². The van der Waals surface area contributed by atoms with E-state index < -0.39 is 10.2 Å². The lowest BCUT2D eigenvalue weighted by molar-refractivity contribution is 0.0723. The van der Waals surface area contributed by atoms with Gasteiger partial charge < -0.3 is 4.74 Å². The molecule has 1 aliphatic heterocycles. The Morgan fingerprint density at radius 2 is 2.13 bits per heavy atom. The van der Waals surface area contributed by atoms with Crippen molar-refractivity contribution >= 4 is 10.2 Å². The van der Waals surface area contributed by atoms with Gasteiger partial charge in [0.15, 0.2) is 0 Å². The Morgan fingerprint density at radius 1 is 1.53 bits per heavy atom. The average molecular weight is 232 g/mol. The van der Waals surface area contributed by atoms with Crippen molar-refractivity contribution in [2.75, 3.05) is 26.3 Å². The van der Waals surface area contributed by atoms with E-state index in [9.17, 15) is 8.42 Å². The van der Waals surface area contributed by atoms with Gasteiger partial charge in [-0.15, -0.1) is 12.3 Å². The molecule has 0 radical (unpaired) electrons. The molecular weight excluding hydrogens is 216 g/mol. The van der Waals surface area contributed by atoms with E-state index in [4.69, 9.17) is 11.2 Å². The molecule has 0 aromatic rings. The third kappa shape index (κ3) is 3.80. The summed E-state index contributed by atoms with van der Waals surface area (Å²) in [4.78, 5) is 0. The minimum absolute atomic E-state index is 0.233. The molecule has 1 unspecified atom stereocenters. The maximum atomic E-state index is 11.8. The fourth-order valence-corrected chi connectivity index (χ4v) is 2.70. The summed E-state index contributed by atoms with van der Waals surface area (Å²) in [5, 5.41) is 0. The minimum atomic E-state index is -3.40. The van der Waals surface area contributed by atoms with E-state index in [0.717, 1.165) is 0 Å². The Balaban J connectivity index is 2.54. The molecule has 1 fully saturated rings. The molecule has 1 aliphatic rings. The molecule has 0 spiro atoms. The Morgan fingerprint density at radius 3 is 2.67 bits per heavy atom. The van der Waals surface area contributed by atoms with Crippen molar-refractivity contribution < 1.29 is 13.2 Å². The first-order valence-corrected chi connectivity index (χ1v) is 6.29. The van der Waals surface area contributed by atoms with Crippen LogP contribution in [-0.4, -0.2) is 45.1 Å². The van der Waals surface area contributed by atoms with E-state index in [1.165, 1.54) is 4.31 Å². The Kier molecular flexibility index (Phi) is 4.54. The highest BCUT2D eigenvalue weighted by Crippen LogP contribution is 2.04. The zero-order valence-corrected chi connectivity index (χ0v) is 9.59. The fourth-order valence-electron chi connectivity index (χ4n) is 1.33. The highest BCUT2D eigenvalue weighted by Gasteiger charge is 2.25. The van der Waals surface area contributed by atoms with Crippen LogP contribution in [0.5, 0.6) is 0 Å². The van der Waals surface area contributed by atoms with Gasteiger partial charge in [0.25, 0.3) is 10.2 Å². The van der Waals surface area contributed by atoms with E-state index in [2.05, 4.69) is 10.6 Å². The molecule has 0 bridgehead atoms. The summed E-state index contributed by atoms with van der Waals surface area (Å²) in [5.41, 5.74) is 0. The van der Waals surface area contributed by atoms with Crippen LogP contribution in [-0.2, 0) is 14.9 Å². The number of hydrogen-bond acceptors (Lipinski definition) is 3. The van der Waals surface area contributed by atoms with Gasteiger partial charge in [0.05, 0.1) is 13.2 Å². The van der Waals surface area contributed by atoms with Crippen molar-refractivity contribution in [3.63, 3.8) is 0 Å². The normalized spacial score (nSPS) is 20.8. The fraction of sp³-hybridized carbons (Fsp3) is 0.778. The molecule has 6 heteroatoms. The quantitative estimate of drug-likeness (QED) is 0.669. The zero-order valence-electron chi connectivity index (χ0n) is 8.77. The second-order valence-corrected chi connectivity index (χ2v) is 5.15. The molecule has 1 N–H and O–H groups in total. The number of ether oxygens (including phenoxy) is 1. The predicted octanol–water partition coefficient (Wildman–Crippen LogP) is -0.435. The van der Waals surface area contributed by atoms with Gasteiger partial charge >= 0.3 is 0 Å². The van der Waals surface area contributed by atoms with E-state index in [1.807, 2.05) is 0 Å². The highest BCUT2D eigenvalue weighted by atomic mass is 32.2. The van der Waals surface area contributed by atoms with Gasteiger partial charge in [-0.2, -0.15) is 17.4 Å². The molecule has 0 aromatic heterocycles. The van der Waals surface area contributed by atoms with Crippen LogP contribution in [0.3, 0.4) is 0 Å². The van der Waals surface area contributed by atoms with Gasteiger partial charge in [0.2, 0.25) is 0 Å². The van der Waals surface area contributed by atoms with E-state index in [0.29, 0.717) is 32.7 Å². The number of rotatable bonds is 4. The van der Waals surface area contributed by atoms with Crippen molar-refractivity contribution in [2.24, 2.45) is 0 Å². The van der Waals surface area contributed by atoms with Gasteiger partial charge in [-0.05, 0) is 6.92 Å². The molecule has 0 amide bonds. The third-order valence-electron chi connectivity index (χ3n) is 2.08. The van der Waals surface area contributed by atoms with Crippen LogP contribution in [0.25, 0.3) is 0 Å². The molecule has 86 valence electrons. The summed E-state index contributed by atoms with van der Waals surface area (Å²) in [6.45, 7) is 3.45. The van der Waals surface area contributed by atoms with Crippen molar-refractivity contribution in [1.29, 1.82) is 0 Å². The smallest absolute Gasteiger partial charge is 0.279 e. The van der Waals surface area contributed by atoms with Crippen LogP contribution >= 0.6 is 0 Å². The van der Waals surface area contributed by atoms with Crippen LogP contribution in [0.15, 0.2) is 0 Å². The summed E-state index contributed by atoms with van der Waals surface area (Å²) in [6, 6.07) is -0.233. The number of nitrogens with zero attached hydrogens (tertiary/aromatic N) is 1. The van der Waals surface area contributed by atoms with Gasteiger partial charge in [0.1, 0.15) is 0 Å². The molecule has 1 heterocycles. The largest absolute Gasteiger partial charge is 0.379 e. The SMILES string of the molecule is C#CCC(C)NS(=O)(=O)N1CCOCC1. The van der Waals surface area contributed by atoms with Gasteiger partial charge in [-0.1, -0.05) is 0 Å². The molecule has 1 atom stereocenters. The van der Waals surface area contributed by atoms with Crippen molar-refractivity contribution in [2.45, 2.75) is 19.4 Å². The minimum Gasteiger partial charge on any atom is -0.379 e. The maximum Gasteiger partial charge on any atom is 0.279 e. The maximum absolute atomic E-state index is 11.8. The van der Waals surface area contributed by atoms with Gasteiger partial charge in [-0.3, -0.25) is 0 Å². The summed E-state index contributed by atoms with van der Waals surface area (Å²) in [5.74, 6) is 2.42. The molecule has 1 saturated heterocycles. The van der Waals surface area contributed by atoms with E-state index in [-0.39, 0.29) is 6.04 Å². The van der Waals surface area contributed by atoms with Gasteiger partial charge in [0, 0.05) is 25.6 Å². The average Bonchev–Trinajstić information content (AvgIpc) is 2.18. The number of morpholine rings is 1. The lowest BCUT2D eigenvalue weighted by atomic mass is 10.3. The molecular formula is C9H16N2O3S. The van der Waals surface area contributed by atoms with Gasteiger partial charge in [-0.25, -0.2) is 0 Å². The third-order valence-corrected chi connectivity index (χ3v) is 3.83. The summed E-state index contributed by atoms with van der Waals surface area (Å²) >= 11 is 0.